The van der Waals surface area contributed by atoms with Crippen LogP contribution in [0.3, 0.4) is 0 Å². The van der Waals surface area contributed by atoms with E-state index in [-0.39, 0.29) is 11.6 Å². The Balaban J connectivity index is 1.86. The van der Waals surface area contributed by atoms with Gasteiger partial charge in [0, 0.05) is 10.9 Å². The standard InChI is InChI=1S/C18H27N3OS2/c1-12(2)21-17(22)15-13(3)14(4)24-16(15)19-18(21)23-11-10-20-8-6-5-7-9-20/h12H,5-11H2,1-4H3/p+1. The largest absolute Gasteiger partial charge is 0.334 e. The van der Waals surface area contributed by atoms with Crippen molar-refractivity contribution in [3.05, 3.63) is 20.8 Å². The van der Waals surface area contributed by atoms with Gasteiger partial charge < -0.3 is 4.90 Å². The van der Waals surface area contributed by atoms with Crippen LogP contribution in [-0.2, 0) is 0 Å². The minimum atomic E-state index is 0.129. The number of aromatic nitrogens is 2. The van der Waals surface area contributed by atoms with Crippen LogP contribution in [0.1, 0.15) is 49.6 Å². The van der Waals surface area contributed by atoms with Crippen LogP contribution in [-0.4, -0.2) is 34.9 Å². The van der Waals surface area contributed by atoms with Crippen LogP contribution >= 0.6 is 23.1 Å². The van der Waals surface area contributed by atoms with E-state index in [2.05, 4.69) is 20.8 Å². The number of thioether (sulfide) groups is 1. The van der Waals surface area contributed by atoms with E-state index in [0.29, 0.717) is 0 Å². The molecule has 2 aromatic rings. The van der Waals surface area contributed by atoms with Gasteiger partial charge in [-0.05, 0) is 52.5 Å². The summed E-state index contributed by atoms with van der Waals surface area (Å²) in [6, 6.07) is 0.138. The van der Waals surface area contributed by atoms with Crippen LogP contribution in [0.4, 0.5) is 0 Å². The van der Waals surface area contributed by atoms with Crippen LogP contribution in [0.25, 0.3) is 10.2 Å². The fraction of sp³-hybridized carbons (Fsp3) is 0.667. The number of thiophene rings is 1. The summed E-state index contributed by atoms with van der Waals surface area (Å²) in [6.07, 6.45) is 4.10. The zero-order valence-corrected chi connectivity index (χ0v) is 16.8. The average molecular weight is 367 g/mol. The van der Waals surface area contributed by atoms with Crippen LogP contribution in [0.2, 0.25) is 0 Å². The first kappa shape index (κ1) is 18.0. The molecule has 0 spiro atoms. The molecule has 0 aliphatic carbocycles. The Morgan fingerprint density at radius 2 is 1.96 bits per heavy atom. The van der Waals surface area contributed by atoms with Crippen molar-refractivity contribution >= 4 is 33.3 Å². The lowest BCUT2D eigenvalue weighted by molar-refractivity contribution is -0.902. The summed E-state index contributed by atoms with van der Waals surface area (Å²) in [6.45, 7) is 12.0. The predicted octanol–water partition coefficient (Wildman–Crippen LogP) is 2.82. The van der Waals surface area contributed by atoms with E-state index < -0.39 is 0 Å². The van der Waals surface area contributed by atoms with E-state index in [4.69, 9.17) is 4.98 Å². The predicted molar refractivity (Wildman–Crippen MR) is 104 cm³/mol. The second-order valence-electron chi connectivity index (χ2n) is 7.04. The smallest absolute Gasteiger partial charge is 0.263 e. The Bertz CT molecular complexity index is 773. The topological polar surface area (TPSA) is 39.3 Å². The summed E-state index contributed by atoms with van der Waals surface area (Å²) < 4.78 is 1.89. The van der Waals surface area contributed by atoms with Crippen molar-refractivity contribution < 1.29 is 4.90 Å². The molecule has 0 radical (unpaired) electrons. The van der Waals surface area contributed by atoms with E-state index in [9.17, 15) is 4.79 Å². The van der Waals surface area contributed by atoms with Crippen LogP contribution in [0, 0.1) is 13.8 Å². The molecule has 4 nitrogen and oxygen atoms in total. The van der Waals surface area contributed by atoms with Crippen molar-refractivity contribution in [2.75, 3.05) is 25.4 Å². The maximum atomic E-state index is 13.0. The van der Waals surface area contributed by atoms with Gasteiger partial charge in [-0.25, -0.2) is 4.98 Å². The summed E-state index contributed by atoms with van der Waals surface area (Å²) in [5.74, 6) is 1.03. The van der Waals surface area contributed by atoms with Crippen molar-refractivity contribution in [2.24, 2.45) is 0 Å². The molecule has 2 aromatic heterocycles. The Hall–Kier alpha value is -0.850. The van der Waals surface area contributed by atoms with Crippen molar-refractivity contribution in [3.8, 4) is 0 Å². The average Bonchev–Trinajstić information content (AvgIpc) is 2.83. The summed E-state index contributed by atoms with van der Waals surface area (Å²) in [7, 11) is 0. The molecule has 24 heavy (non-hydrogen) atoms. The summed E-state index contributed by atoms with van der Waals surface area (Å²) in [5, 5.41) is 1.71. The minimum absolute atomic E-state index is 0.129. The van der Waals surface area contributed by atoms with Crippen molar-refractivity contribution in [2.45, 2.75) is 58.2 Å². The van der Waals surface area contributed by atoms with Gasteiger partial charge in [-0.2, -0.15) is 0 Å². The second kappa shape index (κ2) is 7.58. The molecule has 1 fully saturated rings. The molecule has 1 N–H and O–H groups in total. The number of hydrogen-bond donors (Lipinski definition) is 1. The highest BCUT2D eigenvalue weighted by Gasteiger charge is 2.19. The van der Waals surface area contributed by atoms with E-state index in [1.165, 1.54) is 43.8 Å². The molecule has 1 aliphatic rings. The lowest BCUT2D eigenvalue weighted by Crippen LogP contribution is -3.13. The number of likely N-dealkylation sites (tertiary alicyclic amines) is 1. The Labute approximate surface area is 152 Å². The quantitative estimate of drug-likeness (QED) is 0.653. The summed E-state index contributed by atoms with van der Waals surface area (Å²) in [5.41, 5.74) is 1.22. The molecular formula is C18H28N3OS2+. The van der Waals surface area contributed by atoms with Gasteiger partial charge >= 0.3 is 0 Å². The molecule has 1 aliphatic heterocycles. The zero-order chi connectivity index (χ0) is 17.3. The van der Waals surface area contributed by atoms with Crippen molar-refractivity contribution in [3.63, 3.8) is 0 Å². The first-order chi connectivity index (χ1) is 11.5. The number of quaternary nitrogens is 1. The minimum Gasteiger partial charge on any atom is -0.334 e. The number of piperidine rings is 1. The third-order valence-corrected chi connectivity index (χ3v) is 7.02. The molecule has 0 unspecified atom stereocenters. The second-order valence-corrected chi connectivity index (χ2v) is 9.30. The lowest BCUT2D eigenvalue weighted by atomic mass is 10.1. The lowest BCUT2D eigenvalue weighted by Gasteiger charge is -2.23. The Morgan fingerprint density at radius 3 is 2.62 bits per heavy atom. The number of nitrogens with zero attached hydrogens (tertiary/aromatic N) is 2. The monoisotopic (exact) mass is 366 g/mol. The number of fused-ring (bicyclic) bond motifs is 1. The maximum absolute atomic E-state index is 13.0. The summed E-state index contributed by atoms with van der Waals surface area (Å²) >= 11 is 3.40. The molecule has 3 heterocycles. The Kier molecular flexibility index (Phi) is 5.67. The van der Waals surface area contributed by atoms with E-state index in [1.54, 1.807) is 28.0 Å². The van der Waals surface area contributed by atoms with E-state index in [0.717, 1.165) is 26.7 Å². The Morgan fingerprint density at radius 1 is 1.25 bits per heavy atom. The molecule has 132 valence electrons. The maximum Gasteiger partial charge on any atom is 0.263 e. The molecule has 0 atom stereocenters. The van der Waals surface area contributed by atoms with Gasteiger partial charge in [0.15, 0.2) is 5.16 Å². The first-order valence-corrected chi connectivity index (χ1v) is 10.8. The van der Waals surface area contributed by atoms with Gasteiger partial charge in [-0.3, -0.25) is 9.36 Å². The van der Waals surface area contributed by atoms with Crippen molar-refractivity contribution in [1.29, 1.82) is 0 Å². The molecule has 0 aromatic carbocycles. The highest BCUT2D eigenvalue weighted by Crippen LogP contribution is 2.29. The highest BCUT2D eigenvalue weighted by molar-refractivity contribution is 7.99. The zero-order valence-electron chi connectivity index (χ0n) is 15.1. The molecule has 0 amide bonds. The van der Waals surface area contributed by atoms with Gasteiger partial charge in [-0.15, -0.1) is 11.3 Å². The number of hydrogen-bond acceptors (Lipinski definition) is 4. The SMILES string of the molecule is Cc1sc2nc(SCC[NH+]3CCCCC3)n(C(C)C)c(=O)c2c1C. The molecule has 3 rings (SSSR count). The van der Waals surface area contributed by atoms with Gasteiger partial charge in [0.2, 0.25) is 0 Å². The van der Waals surface area contributed by atoms with Gasteiger partial charge in [0.1, 0.15) is 4.83 Å². The fourth-order valence-corrected chi connectivity index (χ4v) is 5.67. The fourth-order valence-electron chi connectivity index (χ4n) is 3.43. The molecule has 0 bridgehead atoms. The first-order valence-electron chi connectivity index (χ1n) is 8.97. The van der Waals surface area contributed by atoms with Gasteiger partial charge in [-0.1, -0.05) is 11.8 Å². The molecule has 0 saturated carbocycles. The van der Waals surface area contributed by atoms with Crippen LogP contribution in [0.15, 0.2) is 9.95 Å². The van der Waals surface area contributed by atoms with Crippen LogP contribution in [0.5, 0.6) is 0 Å². The van der Waals surface area contributed by atoms with Crippen LogP contribution < -0.4 is 10.5 Å². The number of aryl methyl sites for hydroxylation is 2. The van der Waals surface area contributed by atoms with Crippen molar-refractivity contribution in [1.82, 2.24) is 9.55 Å². The van der Waals surface area contributed by atoms with E-state index >= 15 is 0 Å². The normalized spacial score (nSPS) is 16.4. The molecule has 1 saturated heterocycles. The number of nitrogens with one attached hydrogen (secondary N) is 1. The molecular weight excluding hydrogens is 338 g/mol. The third kappa shape index (κ3) is 3.55. The number of rotatable bonds is 5. The van der Waals surface area contributed by atoms with Gasteiger partial charge in [0.05, 0.1) is 30.8 Å². The molecule has 6 heteroatoms. The van der Waals surface area contributed by atoms with E-state index in [1.807, 2.05) is 11.5 Å². The highest BCUT2D eigenvalue weighted by atomic mass is 32.2. The van der Waals surface area contributed by atoms with Gasteiger partial charge in [0.25, 0.3) is 5.56 Å². The third-order valence-electron chi connectivity index (χ3n) is 4.97. The summed E-state index contributed by atoms with van der Waals surface area (Å²) in [4.78, 5) is 21.7.